The largest absolute Gasteiger partial charge is 0.455 e. The van der Waals surface area contributed by atoms with E-state index < -0.39 is 5.97 Å². The highest BCUT2D eigenvalue weighted by molar-refractivity contribution is 8.00. The Kier molecular flexibility index (Phi) is 6.60. The van der Waals surface area contributed by atoms with Gasteiger partial charge in [0, 0.05) is 22.3 Å². The number of thioether (sulfide) groups is 1. The van der Waals surface area contributed by atoms with Gasteiger partial charge in [0.2, 0.25) is 0 Å². The number of aromatic nitrogens is 2. The Morgan fingerprint density at radius 1 is 1.18 bits per heavy atom. The zero-order chi connectivity index (χ0) is 20.4. The van der Waals surface area contributed by atoms with Crippen molar-refractivity contribution in [3.63, 3.8) is 0 Å². The van der Waals surface area contributed by atoms with Gasteiger partial charge < -0.3 is 9.64 Å². The van der Waals surface area contributed by atoms with Gasteiger partial charge in [-0.3, -0.25) is 9.59 Å². The van der Waals surface area contributed by atoms with Crippen molar-refractivity contribution in [2.75, 3.05) is 12.4 Å². The molecule has 152 valence electrons. The predicted molar refractivity (Wildman–Crippen MR) is 113 cm³/mol. The fourth-order valence-corrected chi connectivity index (χ4v) is 5.79. The lowest BCUT2D eigenvalue weighted by Crippen LogP contribution is -2.49. The molecule has 0 aromatic carbocycles. The molecule has 1 saturated heterocycles. The second kappa shape index (κ2) is 8.78. The van der Waals surface area contributed by atoms with E-state index in [-0.39, 0.29) is 30.4 Å². The second-order valence-corrected chi connectivity index (χ2v) is 9.59. The molecule has 0 aliphatic carbocycles. The van der Waals surface area contributed by atoms with Crippen molar-refractivity contribution in [3.8, 4) is 0 Å². The Hall–Kier alpha value is -1.67. The minimum absolute atomic E-state index is 0.109. The van der Waals surface area contributed by atoms with E-state index in [2.05, 4.69) is 37.7 Å². The van der Waals surface area contributed by atoms with E-state index >= 15 is 0 Å². The number of hydrogen-bond donors (Lipinski definition) is 0. The first-order chi connectivity index (χ1) is 13.3. The van der Waals surface area contributed by atoms with Crippen LogP contribution in [0.3, 0.4) is 0 Å². The molecule has 8 heteroatoms. The van der Waals surface area contributed by atoms with Crippen molar-refractivity contribution in [3.05, 3.63) is 16.3 Å². The lowest BCUT2D eigenvalue weighted by molar-refractivity contribution is -0.153. The standard InChI is InChI=1S/C20H27N3O3S2/c1-11-7-6-8-12(2)23(11)16(24)9-26-17(25)10-27-19-18-13(3)14(4)28-20(18)22-15(5)21-19/h11-12H,6-10H2,1-5H3/t11-,12-/m0/s1. The number of rotatable bonds is 5. The quantitative estimate of drug-likeness (QED) is 0.412. The maximum Gasteiger partial charge on any atom is 0.316 e. The molecule has 2 aromatic heterocycles. The van der Waals surface area contributed by atoms with Crippen LogP contribution >= 0.6 is 23.1 Å². The molecule has 1 aliphatic heterocycles. The molecule has 1 fully saturated rings. The Balaban J connectivity index is 1.59. The second-order valence-electron chi connectivity index (χ2n) is 7.42. The van der Waals surface area contributed by atoms with Gasteiger partial charge in [0.05, 0.1) is 5.75 Å². The number of piperidine rings is 1. The molecule has 1 aliphatic rings. The molecule has 3 rings (SSSR count). The van der Waals surface area contributed by atoms with Crippen molar-refractivity contribution in [1.29, 1.82) is 0 Å². The number of ether oxygens (including phenoxy) is 1. The first-order valence-corrected chi connectivity index (χ1v) is 11.4. The van der Waals surface area contributed by atoms with Gasteiger partial charge in [0.15, 0.2) is 6.61 Å². The molecule has 3 heterocycles. The lowest BCUT2D eigenvalue weighted by atomic mass is 9.97. The third kappa shape index (κ3) is 4.49. The summed E-state index contributed by atoms with van der Waals surface area (Å²) in [6, 6.07) is 0.401. The minimum atomic E-state index is -0.398. The summed E-state index contributed by atoms with van der Waals surface area (Å²) in [5, 5.41) is 1.81. The molecule has 0 N–H and O–H groups in total. The summed E-state index contributed by atoms with van der Waals surface area (Å²) in [5.74, 6) is 0.304. The number of esters is 1. The Morgan fingerprint density at radius 3 is 2.54 bits per heavy atom. The summed E-state index contributed by atoms with van der Waals surface area (Å²) in [4.78, 5) is 37.7. The number of fused-ring (bicyclic) bond motifs is 1. The van der Waals surface area contributed by atoms with Crippen LogP contribution in [0.15, 0.2) is 5.03 Å². The van der Waals surface area contributed by atoms with Gasteiger partial charge in [-0.25, -0.2) is 9.97 Å². The van der Waals surface area contributed by atoms with Gasteiger partial charge in [-0.15, -0.1) is 11.3 Å². The summed E-state index contributed by atoms with van der Waals surface area (Å²) in [6.07, 6.45) is 3.14. The molecule has 0 bridgehead atoms. The van der Waals surface area contributed by atoms with Crippen LogP contribution in [-0.2, 0) is 14.3 Å². The first-order valence-electron chi connectivity index (χ1n) is 9.61. The van der Waals surface area contributed by atoms with Crippen molar-refractivity contribution in [2.24, 2.45) is 0 Å². The molecule has 6 nitrogen and oxygen atoms in total. The number of hydrogen-bond acceptors (Lipinski definition) is 7. The molecular formula is C20H27N3O3S2. The van der Waals surface area contributed by atoms with Gasteiger partial charge in [0.1, 0.15) is 15.7 Å². The van der Waals surface area contributed by atoms with E-state index in [9.17, 15) is 9.59 Å². The molecule has 0 unspecified atom stereocenters. The minimum Gasteiger partial charge on any atom is -0.455 e. The fourth-order valence-electron chi connectivity index (χ4n) is 3.72. The van der Waals surface area contributed by atoms with E-state index in [0.717, 1.165) is 40.1 Å². The average molecular weight is 422 g/mol. The molecule has 0 saturated carbocycles. The smallest absolute Gasteiger partial charge is 0.316 e. The van der Waals surface area contributed by atoms with Crippen molar-refractivity contribution >= 4 is 45.2 Å². The van der Waals surface area contributed by atoms with Crippen molar-refractivity contribution in [1.82, 2.24) is 14.9 Å². The lowest BCUT2D eigenvalue weighted by Gasteiger charge is -2.38. The van der Waals surface area contributed by atoms with E-state index in [4.69, 9.17) is 4.74 Å². The number of aryl methyl sites for hydroxylation is 3. The average Bonchev–Trinajstić information content (AvgIpc) is 2.91. The van der Waals surface area contributed by atoms with E-state index in [1.165, 1.54) is 16.6 Å². The summed E-state index contributed by atoms with van der Waals surface area (Å²) in [5.41, 5.74) is 1.15. The van der Waals surface area contributed by atoms with Crippen molar-refractivity contribution < 1.29 is 14.3 Å². The topological polar surface area (TPSA) is 72.4 Å². The van der Waals surface area contributed by atoms with Crippen LogP contribution < -0.4 is 0 Å². The van der Waals surface area contributed by atoms with Crippen LogP contribution in [-0.4, -0.2) is 51.2 Å². The fraction of sp³-hybridized carbons (Fsp3) is 0.600. The molecule has 0 spiro atoms. The number of likely N-dealkylation sites (tertiary alicyclic amines) is 1. The molecule has 0 radical (unpaired) electrons. The first kappa shape index (κ1) is 21.0. The molecular weight excluding hydrogens is 394 g/mol. The SMILES string of the molecule is Cc1nc(SCC(=O)OCC(=O)N2[C@@H](C)CCC[C@@H]2C)c2c(C)c(C)sc2n1. The van der Waals surface area contributed by atoms with E-state index in [1.807, 2.05) is 11.8 Å². The Morgan fingerprint density at radius 2 is 1.86 bits per heavy atom. The van der Waals surface area contributed by atoms with Crippen molar-refractivity contribution in [2.45, 2.75) is 71.0 Å². The van der Waals surface area contributed by atoms with Gasteiger partial charge in [-0.05, 0) is 59.4 Å². The zero-order valence-corrected chi connectivity index (χ0v) is 18.7. The van der Waals surface area contributed by atoms with E-state index in [0.29, 0.717) is 5.82 Å². The third-order valence-corrected chi connectivity index (χ3v) is 7.32. The number of thiophene rings is 1. The molecule has 2 atom stereocenters. The number of nitrogens with zero attached hydrogens (tertiary/aromatic N) is 3. The molecule has 28 heavy (non-hydrogen) atoms. The summed E-state index contributed by atoms with van der Waals surface area (Å²) in [7, 11) is 0. The summed E-state index contributed by atoms with van der Waals surface area (Å²) < 4.78 is 5.26. The predicted octanol–water partition coefficient (Wildman–Crippen LogP) is 4.04. The maximum atomic E-state index is 12.5. The third-order valence-electron chi connectivity index (χ3n) is 5.27. The summed E-state index contributed by atoms with van der Waals surface area (Å²) >= 11 is 2.98. The van der Waals surface area contributed by atoms with Crippen LogP contribution in [0.5, 0.6) is 0 Å². The molecule has 2 aromatic rings. The highest BCUT2D eigenvalue weighted by Gasteiger charge is 2.29. The van der Waals surface area contributed by atoms with E-state index in [1.54, 1.807) is 11.3 Å². The van der Waals surface area contributed by atoms with Crippen LogP contribution in [0.25, 0.3) is 10.2 Å². The van der Waals surface area contributed by atoms with Gasteiger partial charge >= 0.3 is 5.97 Å². The van der Waals surface area contributed by atoms with Gasteiger partial charge in [-0.2, -0.15) is 0 Å². The van der Waals surface area contributed by atoms with Crippen LogP contribution in [0, 0.1) is 20.8 Å². The van der Waals surface area contributed by atoms with Crippen LogP contribution in [0.2, 0.25) is 0 Å². The Bertz CT molecular complexity index is 886. The highest BCUT2D eigenvalue weighted by Crippen LogP contribution is 2.35. The van der Waals surface area contributed by atoms with Crippen LogP contribution in [0.1, 0.15) is 49.4 Å². The number of carbonyl (C=O) groups is 2. The Labute approximate surface area is 174 Å². The van der Waals surface area contributed by atoms with Crippen LogP contribution in [0.4, 0.5) is 0 Å². The monoisotopic (exact) mass is 421 g/mol. The van der Waals surface area contributed by atoms with Gasteiger partial charge in [0.25, 0.3) is 5.91 Å². The molecule has 1 amide bonds. The maximum absolute atomic E-state index is 12.5. The number of carbonyl (C=O) groups excluding carboxylic acids is 2. The number of amides is 1. The zero-order valence-electron chi connectivity index (χ0n) is 17.1. The highest BCUT2D eigenvalue weighted by atomic mass is 32.2. The summed E-state index contributed by atoms with van der Waals surface area (Å²) in [6.45, 7) is 9.88. The van der Waals surface area contributed by atoms with Gasteiger partial charge in [-0.1, -0.05) is 11.8 Å². The normalized spacial score (nSPS) is 19.8.